The molecule has 1 aromatic carbocycles. The summed E-state index contributed by atoms with van der Waals surface area (Å²) in [7, 11) is 0. The van der Waals surface area contributed by atoms with Crippen molar-refractivity contribution >= 4 is 0 Å². The zero-order chi connectivity index (χ0) is 13.8. The summed E-state index contributed by atoms with van der Waals surface area (Å²) < 4.78 is 27.4. The van der Waals surface area contributed by atoms with Gasteiger partial charge in [0.2, 0.25) is 0 Å². The van der Waals surface area contributed by atoms with Crippen LogP contribution in [0.2, 0.25) is 0 Å². The van der Waals surface area contributed by atoms with E-state index in [0.717, 1.165) is 31.0 Å². The lowest BCUT2D eigenvalue weighted by atomic mass is 9.43. The van der Waals surface area contributed by atoms with Crippen LogP contribution in [-0.2, 0) is 5.41 Å². The third-order valence-corrected chi connectivity index (χ3v) is 5.65. The van der Waals surface area contributed by atoms with Gasteiger partial charge in [0.1, 0.15) is 11.6 Å². The molecule has 0 unspecified atom stereocenters. The predicted molar refractivity (Wildman–Crippen MR) is 74.6 cm³/mol. The second kappa shape index (κ2) is 4.27. The van der Waals surface area contributed by atoms with E-state index in [1.165, 1.54) is 38.2 Å². The molecule has 3 fully saturated rings. The van der Waals surface area contributed by atoms with Crippen molar-refractivity contribution in [2.24, 2.45) is 5.41 Å². The largest absolute Gasteiger partial charge is 0.313 e. The van der Waals surface area contributed by atoms with Crippen molar-refractivity contribution < 1.29 is 8.78 Å². The first-order chi connectivity index (χ1) is 9.61. The Hall–Kier alpha value is -0.960. The third kappa shape index (κ3) is 1.98. The fraction of sp³-hybridized carbons (Fsp3) is 0.647. The van der Waals surface area contributed by atoms with E-state index in [0.29, 0.717) is 11.5 Å². The molecule has 1 nitrogen and oxygen atoms in total. The number of hydrogen-bond acceptors (Lipinski definition) is 1. The first-order valence-corrected chi connectivity index (χ1v) is 7.80. The number of halogens is 2. The van der Waals surface area contributed by atoms with Gasteiger partial charge in [-0.2, -0.15) is 0 Å². The summed E-state index contributed by atoms with van der Waals surface area (Å²) in [6, 6.07) is 4.75. The second-order valence-electron chi connectivity index (χ2n) is 7.27. The average molecular weight is 277 g/mol. The van der Waals surface area contributed by atoms with Crippen LogP contribution in [0.5, 0.6) is 0 Å². The zero-order valence-electron chi connectivity index (χ0n) is 11.7. The van der Waals surface area contributed by atoms with E-state index < -0.39 is 5.82 Å². The molecule has 0 aromatic heterocycles. The van der Waals surface area contributed by atoms with Crippen molar-refractivity contribution in [2.75, 3.05) is 6.54 Å². The summed E-state index contributed by atoms with van der Waals surface area (Å²) in [6.45, 7) is 0.849. The van der Waals surface area contributed by atoms with E-state index in [1.54, 1.807) is 6.07 Å². The van der Waals surface area contributed by atoms with E-state index in [4.69, 9.17) is 0 Å². The van der Waals surface area contributed by atoms with Gasteiger partial charge in [0.25, 0.3) is 0 Å². The van der Waals surface area contributed by atoms with Crippen LogP contribution in [0.3, 0.4) is 0 Å². The Bertz CT molecular complexity index is 524. The van der Waals surface area contributed by atoms with Crippen molar-refractivity contribution in [3.63, 3.8) is 0 Å². The molecule has 0 aliphatic heterocycles. The lowest BCUT2D eigenvalue weighted by molar-refractivity contribution is -0.0498. The Morgan fingerprint density at radius 1 is 1.15 bits per heavy atom. The highest BCUT2D eigenvalue weighted by Crippen LogP contribution is 2.65. The Balaban J connectivity index is 1.60. The number of benzene rings is 1. The molecule has 108 valence electrons. The smallest absolute Gasteiger partial charge is 0.129 e. The maximum absolute atomic E-state index is 14.2. The van der Waals surface area contributed by atoms with Gasteiger partial charge < -0.3 is 5.32 Å². The zero-order valence-corrected chi connectivity index (χ0v) is 11.7. The van der Waals surface area contributed by atoms with Crippen LogP contribution in [0.15, 0.2) is 18.2 Å². The molecular weight excluding hydrogens is 256 g/mol. The molecule has 1 spiro atoms. The molecule has 4 rings (SSSR count). The van der Waals surface area contributed by atoms with Crippen molar-refractivity contribution in [1.29, 1.82) is 0 Å². The minimum absolute atomic E-state index is 0.0964. The molecule has 3 heteroatoms. The SMILES string of the molecule is Fc1ccc(C2(CNC3CC3)CC3(CCC3)C2)c(F)c1. The van der Waals surface area contributed by atoms with Crippen molar-refractivity contribution in [2.45, 2.75) is 56.4 Å². The highest BCUT2D eigenvalue weighted by Gasteiger charge is 2.58. The van der Waals surface area contributed by atoms with E-state index in [1.807, 2.05) is 0 Å². The molecule has 0 bridgehead atoms. The number of rotatable bonds is 4. The van der Waals surface area contributed by atoms with Gasteiger partial charge in [-0.15, -0.1) is 0 Å². The first-order valence-electron chi connectivity index (χ1n) is 7.80. The van der Waals surface area contributed by atoms with Crippen LogP contribution in [0.25, 0.3) is 0 Å². The number of nitrogens with one attached hydrogen (secondary N) is 1. The molecule has 1 N–H and O–H groups in total. The quantitative estimate of drug-likeness (QED) is 0.879. The minimum Gasteiger partial charge on any atom is -0.313 e. The van der Waals surface area contributed by atoms with E-state index in [-0.39, 0.29) is 11.2 Å². The molecule has 0 saturated heterocycles. The van der Waals surface area contributed by atoms with Gasteiger partial charge in [0, 0.05) is 24.1 Å². The molecule has 20 heavy (non-hydrogen) atoms. The van der Waals surface area contributed by atoms with Crippen molar-refractivity contribution in [3.8, 4) is 0 Å². The van der Waals surface area contributed by atoms with Gasteiger partial charge in [0.05, 0.1) is 0 Å². The summed E-state index contributed by atoms with van der Waals surface area (Å²) in [5.74, 6) is -0.842. The molecule has 0 heterocycles. The Morgan fingerprint density at radius 2 is 1.90 bits per heavy atom. The van der Waals surface area contributed by atoms with Gasteiger partial charge in [-0.1, -0.05) is 12.5 Å². The molecule has 3 saturated carbocycles. The van der Waals surface area contributed by atoms with E-state index >= 15 is 0 Å². The van der Waals surface area contributed by atoms with E-state index in [9.17, 15) is 8.78 Å². The molecule has 1 aromatic rings. The van der Waals surface area contributed by atoms with Gasteiger partial charge in [-0.3, -0.25) is 0 Å². The third-order valence-electron chi connectivity index (χ3n) is 5.65. The fourth-order valence-corrected chi connectivity index (χ4v) is 4.37. The first kappa shape index (κ1) is 12.8. The summed E-state index contributed by atoms with van der Waals surface area (Å²) in [5, 5.41) is 3.57. The summed E-state index contributed by atoms with van der Waals surface area (Å²) in [5.41, 5.74) is 1.11. The Morgan fingerprint density at radius 3 is 2.45 bits per heavy atom. The second-order valence-corrected chi connectivity index (χ2v) is 7.27. The molecule has 3 aliphatic carbocycles. The topological polar surface area (TPSA) is 12.0 Å². The summed E-state index contributed by atoms with van der Waals surface area (Å²) in [6.07, 6.45) is 8.53. The molecular formula is C17H21F2N. The van der Waals surface area contributed by atoms with Gasteiger partial charge >= 0.3 is 0 Å². The van der Waals surface area contributed by atoms with Crippen LogP contribution in [-0.4, -0.2) is 12.6 Å². The number of hydrogen-bond donors (Lipinski definition) is 1. The molecule has 0 amide bonds. The van der Waals surface area contributed by atoms with Crippen LogP contribution in [0, 0.1) is 17.0 Å². The highest BCUT2D eigenvalue weighted by molar-refractivity contribution is 5.34. The lowest BCUT2D eigenvalue weighted by Crippen LogP contribution is -2.57. The average Bonchev–Trinajstić information content (AvgIpc) is 3.11. The highest BCUT2D eigenvalue weighted by atomic mass is 19.1. The normalized spacial score (nSPS) is 26.1. The molecule has 0 radical (unpaired) electrons. The molecule has 0 atom stereocenters. The summed E-state index contributed by atoms with van der Waals surface area (Å²) >= 11 is 0. The molecule has 3 aliphatic rings. The van der Waals surface area contributed by atoms with Crippen molar-refractivity contribution in [3.05, 3.63) is 35.4 Å². The van der Waals surface area contributed by atoms with Gasteiger partial charge in [-0.25, -0.2) is 8.78 Å². The maximum atomic E-state index is 14.2. The monoisotopic (exact) mass is 277 g/mol. The van der Waals surface area contributed by atoms with Gasteiger partial charge in [0.15, 0.2) is 0 Å². The van der Waals surface area contributed by atoms with Crippen LogP contribution >= 0.6 is 0 Å². The predicted octanol–water partition coefficient (Wildman–Crippen LogP) is 3.92. The fourth-order valence-electron chi connectivity index (χ4n) is 4.37. The maximum Gasteiger partial charge on any atom is 0.129 e. The van der Waals surface area contributed by atoms with Crippen molar-refractivity contribution in [1.82, 2.24) is 5.32 Å². The van der Waals surface area contributed by atoms with Crippen LogP contribution < -0.4 is 5.32 Å². The summed E-state index contributed by atoms with van der Waals surface area (Å²) in [4.78, 5) is 0. The lowest BCUT2D eigenvalue weighted by Gasteiger charge is -2.61. The standard InChI is InChI=1S/C17H21F2N/c18-12-2-5-14(15(19)8-12)17(11-20-13-3-4-13)9-16(10-17)6-1-7-16/h2,5,8,13,20H,1,3-4,6-7,9-11H2. The van der Waals surface area contributed by atoms with E-state index in [2.05, 4.69) is 5.32 Å². The Labute approximate surface area is 118 Å². The van der Waals surface area contributed by atoms with Gasteiger partial charge in [-0.05, 0) is 55.6 Å². The Kier molecular flexibility index (Phi) is 2.72. The van der Waals surface area contributed by atoms with Crippen LogP contribution in [0.1, 0.15) is 50.5 Å². The minimum atomic E-state index is -0.478. The van der Waals surface area contributed by atoms with Crippen LogP contribution in [0.4, 0.5) is 8.78 Å².